The van der Waals surface area contributed by atoms with E-state index in [-0.39, 0.29) is 6.61 Å². The van der Waals surface area contributed by atoms with Crippen molar-refractivity contribution in [2.75, 3.05) is 20.3 Å². The molecule has 1 saturated carbocycles. The summed E-state index contributed by atoms with van der Waals surface area (Å²) >= 11 is 0. The number of methoxy groups -OCH3 is 1. The van der Waals surface area contributed by atoms with E-state index in [9.17, 15) is 23.1 Å². The molecule has 0 spiro atoms. The minimum absolute atomic E-state index is 0.284. The Morgan fingerprint density at radius 3 is 2.25 bits per heavy atom. The van der Waals surface area contributed by atoms with E-state index >= 15 is 0 Å². The summed E-state index contributed by atoms with van der Waals surface area (Å²) in [5.41, 5.74) is 0.0832. The van der Waals surface area contributed by atoms with Gasteiger partial charge in [-0.15, -0.1) is 0 Å². The Balaban J connectivity index is 2.01. The zero-order valence-corrected chi connectivity index (χ0v) is 15.4. The molecule has 0 aliphatic heterocycles. The first-order chi connectivity index (χ1) is 13.3. The first-order valence-corrected chi connectivity index (χ1v) is 8.94. The number of carbonyl (C=O) groups is 1. The van der Waals surface area contributed by atoms with Gasteiger partial charge in [0.05, 0.1) is 17.6 Å². The Kier molecular flexibility index (Phi) is 5.65. The lowest BCUT2D eigenvalue weighted by atomic mass is 9.64. The number of carboxylic acids is 1. The first-order valence-electron chi connectivity index (χ1n) is 8.94. The van der Waals surface area contributed by atoms with Gasteiger partial charge in [0, 0.05) is 7.11 Å². The van der Waals surface area contributed by atoms with Crippen molar-refractivity contribution in [3.63, 3.8) is 0 Å². The maximum atomic E-state index is 12.8. The lowest BCUT2D eigenvalue weighted by Gasteiger charge is -2.38. The van der Waals surface area contributed by atoms with Gasteiger partial charge in [0.15, 0.2) is 0 Å². The Bertz CT molecular complexity index is 840. The van der Waals surface area contributed by atoms with Gasteiger partial charge >= 0.3 is 12.1 Å². The van der Waals surface area contributed by atoms with E-state index < -0.39 is 23.1 Å². The number of carboxylic acid groups (broad SMARTS) is 1. The minimum Gasteiger partial charge on any atom is -0.491 e. The second-order valence-electron chi connectivity index (χ2n) is 6.90. The lowest BCUT2D eigenvalue weighted by molar-refractivity contribution is -0.147. The summed E-state index contributed by atoms with van der Waals surface area (Å²) in [6.45, 7) is 0.649. The van der Waals surface area contributed by atoms with E-state index in [0.717, 1.165) is 18.6 Å². The Morgan fingerprint density at radius 1 is 1.07 bits per heavy atom. The van der Waals surface area contributed by atoms with Gasteiger partial charge in [-0.3, -0.25) is 4.79 Å². The maximum absolute atomic E-state index is 12.8. The van der Waals surface area contributed by atoms with Crippen molar-refractivity contribution < 1.29 is 32.5 Å². The molecule has 150 valence electrons. The van der Waals surface area contributed by atoms with Crippen LogP contribution in [-0.4, -0.2) is 31.4 Å². The highest BCUT2D eigenvalue weighted by Crippen LogP contribution is 2.46. The van der Waals surface area contributed by atoms with Gasteiger partial charge in [-0.2, -0.15) is 13.2 Å². The van der Waals surface area contributed by atoms with E-state index in [1.165, 1.54) is 12.1 Å². The van der Waals surface area contributed by atoms with E-state index in [1.807, 2.05) is 0 Å². The van der Waals surface area contributed by atoms with Crippen LogP contribution in [0.2, 0.25) is 0 Å². The van der Waals surface area contributed by atoms with Crippen LogP contribution in [0, 0.1) is 0 Å². The molecule has 0 unspecified atom stereocenters. The fourth-order valence-corrected chi connectivity index (χ4v) is 3.38. The van der Waals surface area contributed by atoms with E-state index in [4.69, 9.17) is 9.47 Å². The van der Waals surface area contributed by atoms with E-state index in [0.29, 0.717) is 41.9 Å². The normalized spacial score (nSPS) is 15.7. The van der Waals surface area contributed by atoms with Crippen LogP contribution in [0.5, 0.6) is 5.75 Å². The Labute approximate surface area is 160 Å². The lowest BCUT2D eigenvalue weighted by Crippen LogP contribution is -2.42. The quantitative estimate of drug-likeness (QED) is 0.679. The fraction of sp³-hybridized carbons (Fsp3) is 0.381. The summed E-state index contributed by atoms with van der Waals surface area (Å²) in [5.74, 6) is -0.428. The molecular formula is C21H21F3O4. The zero-order chi connectivity index (χ0) is 20.4. The van der Waals surface area contributed by atoms with E-state index in [2.05, 4.69) is 0 Å². The van der Waals surface area contributed by atoms with Gasteiger partial charge < -0.3 is 14.6 Å². The molecule has 0 radical (unpaired) electrons. The molecule has 0 heterocycles. The summed E-state index contributed by atoms with van der Waals surface area (Å²) in [4.78, 5) is 11.9. The largest absolute Gasteiger partial charge is 0.491 e. The number of hydrogen-bond acceptors (Lipinski definition) is 3. The molecule has 7 heteroatoms. The topological polar surface area (TPSA) is 55.8 Å². The molecule has 3 rings (SSSR count). The maximum Gasteiger partial charge on any atom is 0.416 e. The van der Waals surface area contributed by atoms with Crippen molar-refractivity contribution in [3.05, 3.63) is 53.6 Å². The van der Waals surface area contributed by atoms with Crippen LogP contribution in [0.25, 0.3) is 11.1 Å². The molecule has 0 bridgehead atoms. The number of aliphatic carboxylic acids is 1. The minimum atomic E-state index is -4.41. The smallest absolute Gasteiger partial charge is 0.416 e. The third kappa shape index (κ3) is 3.99. The van der Waals surface area contributed by atoms with Crippen molar-refractivity contribution in [1.82, 2.24) is 0 Å². The van der Waals surface area contributed by atoms with Gasteiger partial charge in [-0.1, -0.05) is 18.6 Å². The number of benzene rings is 2. The van der Waals surface area contributed by atoms with Gasteiger partial charge in [-0.25, -0.2) is 0 Å². The highest BCUT2D eigenvalue weighted by atomic mass is 19.4. The number of rotatable bonds is 7. The predicted molar refractivity (Wildman–Crippen MR) is 97.4 cm³/mol. The number of alkyl halides is 3. The SMILES string of the molecule is COCCOc1cc(-c2ccc(C(F)(F)F)cc2)cc(C2(C(=O)O)CCC2)c1. The molecule has 2 aromatic rings. The number of halogens is 3. The van der Waals surface area contributed by atoms with Crippen molar-refractivity contribution in [2.45, 2.75) is 30.9 Å². The molecule has 1 fully saturated rings. The summed E-state index contributed by atoms with van der Waals surface area (Å²) in [5, 5.41) is 9.74. The van der Waals surface area contributed by atoms with Crippen molar-refractivity contribution >= 4 is 5.97 Å². The van der Waals surface area contributed by atoms with E-state index in [1.54, 1.807) is 25.3 Å². The van der Waals surface area contributed by atoms with Crippen LogP contribution in [0.15, 0.2) is 42.5 Å². The molecule has 0 aromatic heterocycles. The molecule has 0 amide bonds. The predicted octanol–water partition coefficient (Wildman–Crippen LogP) is 4.90. The third-order valence-electron chi connectivity index (χ3n) is 5.18. The summed E-state index contributed by atoms with van der Waals surface area (Å²) in [7, 11) is 1.54. The van der Waals surface area contributed by atoms with Gasteiger partial charge in [-0.05, 0) is 59.9 Å². The third-order valence-corrected chi connectivity index (χ3v) is 5.18. The molecule has 28 heavy (non-hydrogen) atoms. The monoisotopic (exact) mass is 394 g/mol. The molecule has 2 aromatic carbocycles. The second-order valence-corrected chi connectivity index (χ2v) is 6.90. The Hall–Kier alpha value is -2.54. The summed E-state index contributed by atoms with van der Waals surface area (Å²) in [6, 6.07) is 9.95. The molecule has 1 N–H and O–H groups in total. The highest BCUT2D eigenvalue weighted by molar-refractivity contribution is 5.84. The van der Waals surface area contributed by atoms with Crippen LogP contribution >= 0.6 is 0 Å². The molecule has 0 atom stereocenters. The molecule has 1 aliphatic carbocycles. The second kappa shape index (κ2) is 7.83. The average Bonchev–Trinajstić information content (AvgIpc) is 2.60. The van der Waals surface area contributed by atoms with Crippen molar-refractivity contribution in [3.8, 4) is 16.9 Å². The van der Waals surface area contributed by atoms with Crippen LogP contribution < -0.4 is 4.74 Å². The van der Waals surface area contributed by atoms with Crippen LogP contribution in [0.1, 0.15) is 30.4 Å². The van der Waals surface area contributed by atoms with Gasteiger partial charge in [0.2, 0.25) is 0 Å². The first kappa shape index (κ1) is 20.2. The van der Waals surface area contributed by atoms with Gasteiger partial charge in [0.25, 0.3) is 0 Å². The number of ether oxygens (including phenoxy) is 2. The fourth-order valence-electron chi connectivity index (χ4n) is 3.38. The van der Waals surface area contributed by atoms with Crippen molar-refractivity contribution in [1.29, 1.82) is 0 Å². The average molecular weight is 394 g/mol. The molecular weight excluding hydrogens is 373 g/mol. The van der Waals surface area contributed by atoms with Crippen molar-refractivity contribution in [2.24, 2.45) is 0 Å². The van der Waals surface area contributed by atoms with Crippen LogP contribution in [0.3, 0.4) is 0 Å². The van der Waals surface area contributed by atoms with Gasteiger partial charge in [0.1, 0.15) is 12.4 Å². The zero-order valence-electron chi connectivity index (χ0n) is 15.4. The van der Waals surface area contributed by atoms with Crippen LogP contribution in [0.4, 0.5) is 13.2 Å². The number of hydrogen-bond donors (Lipinski definition) is 1. The highest BCUT2D eigenvalue weighted by Gasteiger charge is 2.46. The molecule has 0 saturated heterocycles. The molecule has 4 nitrogen and oxygen atoms in total. The standard InChI is InChI=1S/C21H21F3O4/c1-27-9-10-28-18-12-15(14-3-5-16(6-4-14)21(22,23)24)11-17(13-18)20(19(25)26)7-2-8-20/h3-6,11-13H,2,7-10H2,1H3,(H,25,26). The summed E-state index contributed by atoms with van der Waals surface area (Å²) in [6.07, 6.45) is -2.54. The summed E-state index contributed by atoms with van der Waals surface area (Å²) < 4.78 is 49.1. The molecule has 1 aliphatic rings. The van der Waals surface area contributed by atoms with Crippen LogP contribution in [-0.2, 0) is 21.1 Å². The Morgan fingerprint density at radius 2 is 1.75 bits per heavy atom.